The summed E-state index contributed by atoms with van der Waals surface area (Å²) in [6, 6.07) is 8.52. The van der Waals surface area contributed by atoms with Gasteiger partial charge in [-0.3, -0.25) is 4.90 Å². The van der Waals surface area contributed by atoms with E-state index in [1.54, 1.807) is 0 Å². The summed E-state index contributed by atoms with van der Waals surface area (Å²) in [4.78, 5) is 9.33. The first kappa shape index (κ1) is 21.4. The van der Waals surface area contributed by atoms with Crippen LogP contribution in [0, 0.1) is 5.92 Å². The normalized spacial score (nSPS) is 22.9. The van der Waals surface area contributed by atoms with Crippen molar-refractivity contribution in [3.05, 3.63) is 35.4 Å². The van der Waals surface area contributed by atoms with Gasteiger partial charge in [0.1, 0.15) is 0 Å². The Morgan fingerprint density at radius 3 is 2.54 bits per heavy atom. The van der Waals surface area contributed by atoms with Crippen LogP contribution in [-0.4, -0.2) is 53.1 Å². The highest BCUT2D eigenvalue weighted by Crippen LogP contribution is 2.18. The number of piperidine rings is 2. The lowest BCUT2D eigenvalue weighted by Gasteiger charge is -2.31. The van der Waals surface area contributed by atoms with Gasteiger partial charge in [0.05, 0.1) is 12.6 Å². The molecule has 1 atom stereocenters. The number of benzene rings is 1. The van der Waals surface area contributed by atoms with E-state index in [0.717, 1.165) is 45.6 Å². The van der Waals surface area contributed by atoms with Crippen LogP contribution in [0.3, 0.4) is 0 Å². The van der Waals surface area contributed by atoms with Crippen molar-refractivity contribution in [3.63, 3.8) is 0 Å². The van der Waals surface area contributed by atoms with Crippen LogP contribution in [0.2, 0.25) is 0 Å². The zero-order valence-corrected chi connectivity index (χ0v) is 18.1. The van der Waals surface area contributed by atoms with Gasteiger partial charge in [0.25, 0.3) is 0 Å². The van der Waals surface area contributed by atoms with Crippen molar-refractivity contribution in [3.8, 4) is 0 Å². The first-order valence-electron chi connectivity index (χ1n) is 9.64. The third-order valence-corrected chi connectivity index (χ3v) is 5.46. The highest BCUT2D eigenvalue weighted by Gasteiger charge is 2.19. The Bertz CT molecular complexity index is 587. The Hall–Kier alpha value is -0.860. The van der Waals surface area contributed by atoms with Crippen LogP contribution < -0.4 is 5.73 Å². The Morgan fingerprint density at radius 1 is 1.15 bits per heavy atom. The lowest BCUT2D eigenvalue weighted by atomic mass is 10.0. The smallest absolute Gasteiger partial charge is 0.191 e. The van der Waals surface area contributed by atoms with Gasteiger partial charge in [-0.1, -0.05) is 31.2 Å². The molecule has 2 aliphatic rings. The molecular weight excluding hydrogens is 439 g/mol. The number of likely N-dealkylation sites (tertiary alicyclic amines) is 2. The lowest BCUT2D eigenvalue weighted by molar-refractivity contribution is 0.0791. The Kier molecular flexibility index (Phi) is 8.63. The molecule has 0 radical (unpaired) electrons. The van der Waals surface area contributed by atoms with Gasteiger partial charge < -0.3 is 15.7 Å². The molecule has 146 valence electrons. The maximum absolute atomic E-state index is 9.67. The fourth-order valence-corrected chi connectivity index (χ4v) is 3.85. The van der Waals surface area contributed by atoms with Gasteiger partial charge in [-0.25, -0.2) is 4.99 Å². The number of aliphatic imine (C=N–C) groups is 1. The third kappa shape index (κ3) is 6.09. The molecule has 0 aliphatic carbocycles. The van der Waals surface area contributed by atoms with Crippen LogP contribution in [0.25, 0.3) is 0 Å². The molecule has 3 N–H and O–H groups in total. The molecule has 0 spiro atoms. The van der Waals surface area contributed by atoms with Crippen LogP contribution in [0.1, 0.15) is 43.7 Å². The molecule has 2 aliphatic heterocycles. The van der Waals surface area contributed by atoms with E-state index in [0.29, 0.717) is 18.4 Å². The molecule has 1 aromatic rings. The Labute approximate surface area is 174 Å². The molecule has 5 nitrogen and oxygen atoms in total. The van der Waals surface area contributed by atoms with E-state index in [1.165, 1.54) is 24.0 Å². The van der Waals surface area contributed by atoms with Crippen LogP contribution in [0.4, 0.5) is 0 Å². The summed E-state index contributed by atoms with van der Waals surface area (Å²) in [5, 5.41) is 9.67. The standard InChI is InChI=1S/C20H32N4O.HI/c1-16-5-4-10-24(14-16)20(21)22-13-17-6-2-3-7-18(17)15-23-11-8-19(25)9-12-23;/h2-3,6-7,16,19,25H,4-5,8-15H2,1H3,(H2,21,22);1H. The number of guanidine groups is 1. The summed E-state index contributed by atoms with van der Waals surface area (Å²) >= 11 is 0. The number of nitrogens with zero attached hydrogens (tertiary/aromatic N) is 3. The summed E-state index contributed by atoms with van der Waals surface area (Å²) in [7, 11) is 0. The van der Waals surface area contributed by atoms with Crippen molar-refractivity contribution >= 4 is 29.9 Å². The molecule has 0 bridgehead atoms. The van der Waals surface area contributed by atoms with Gasteiger partial charge in [-0.05, 0) is 42.7 Å². The topological polar surface area (TPSA) is 65.1 Å². The monoisotopic (exact) mass is 472 g/mol. The van der Waals surface area contributed by atoms with Crippen molar-refractivity contribution in [2.45, 2.75) is 51.8 Å². The van der Waals surface area contributed by atoms with Crippen LogP contribution in [0.5, 0.6) is 0 Å². The fraction of sp³-hybridized carbons (Fsp3) is 0.650. The summed E-state index contributed by atoms with van der Waals surface area (Å²) < 4.78 is 0. The minimum absolute atomic E-state index is 0. The van der Waals surface area contributed by atoms with E-state index in [4.69, 9.17) is 5.73 Å². The van der Waals surface area contributed by atoms with Crippen LogP contribution in [-0.2, 0) is 13.1 Å². The summed E-state index contributed by atoms with van der Waals surface area (Å²) in [6.07, 6.45) is 4.12. The predicted octanol–water partition coefficient (Wildman–Crippen LogP) is 2.81. The largest absolute Gasteiger partial charge is 0.393 e. The predicted molar refractivity (Wildman–Crippen MR) is 118 cm³/mol. The molecule has 1 unspecified atom stereocenters. The molecule has 6 heteroatoms. The van der Waals surface area contributed by atoms with E-state index in [-0.39, 0.29) is 30.1 Å². The molecule has 26 heavy (non-hydrogen) atoms. The fourth-order valence-electron chi connectivity index (χ4n) is 3.85. The van der Waals surface area contributed by atoms with Gasteiger partial charge in [-0.15, -0.1) is 24.0 Å². The molecule has 3 rings (SSSR count). The molecule has 0 amide bonds. The van der Waals surface area contributed by atoms with E-state index >= 15 is 0 Å². The SMILES string of the molecule is CC1CCCN(C(N)=NCc2ccccc2CN2CCC(O)CC2)C1.I. The number of nitrogens with two attached hydrogens (primary N) is 1. The summed E-state index contributed by atoms with van der Waals surface area (Å²) in [6.45, 7) is 7.83. The van der Waals surface area contributed by atoms with Crippen molar-refractivity contribution in [1.29, 1.82) is 0 Å². The van der Waals surface area contributed by atoms with Crippen molar-refractivity contribution < 1.29 is 5.11 Å². The van der Waals surface area contributed by atoms with Gasteiger partial charge in [-0.2, -0.15) is 0 Å². The Balaban J connectivity index is 0.00000243. The molecule has 2 saturated heterocycles. The highest BCUT2D eigenvalue weighted by atomic mass is 127. The van der Waals surface area contributed by atoms with Crippen LogP contribution in [0.15, 0.2) is 29.3 Å². The van der Waals surface area contributed by atoms with E-state index in [9.17, 15) is 5.11 Å². The third-order valence-electron chi connectivity index (χ3n) is 5.46. The maximum Gasteiger partial charge on any atom is 0.191 e. The molecule has 1 aromatic carbocycles. The molecular formula is C20H33IN4O. The quantitative estimate of drug-likeness (QED) is 0.402. The average molecular weight is 472 g/mol. The second-order valence-electron chi connectivity index (χ2n) is 7.64. The molecule has 2 heterocycles. The number of rotatable bonds is 4. The molecule has 0 aromatic heterocycles. The molecule has 2 fully saturated rings. The number of hydrogen-bond donors (Lipinski definition) is 2. The average Bonchev–Trinajstić information content (AvgIpc) is 2.62. The number of halogens is 1. The summed E-state index contributed by atoms with van der Waals surface area (Å²) in [5.74, 6) is 1.38. The second kappa shape index (κ2) is 10.5. The zero-order valence-electron chi connectivity index (χ0n) is 15.8. The van der Waals surface area contributed by atoms with Crippen molar-refractivity contribution in [2.75, 3.05) is 26.2 Å². The Morgan fingerprint density at radius 2 is 1.85 bits per heavy atom. The minimum atomic E-state index is -0.122. The van der Waals surface area contributed by atoms with Crippen LogP contribution >= 0.6 is 24.0 Å². The van der Waals surface area contributed by atoms with Gasteiger partial charge in [0, 0.05) is 32.7 Å². The summed E-state index contributed by atoms with van der Waals surface area (Å²) in [5.41, 5.74) is 8.82. The maximum atomic E-state index is 9.67. The molecule has 0 saturated carbocycles. The second-order valence-corrected chi connectivity index (χ2v) is 7.64. The van der Waals surface area contributed by atoms with Crippen molar-refractivity contribution in [1.82, 2.24) is 9.80 Å². The van der Waals surface area contributed by atoms with E-state index in [2.05, 4.69) is 46.0 Å². The van der Waals surface area contributed by atoms with Crippen molar-refractivity contribution in [2.24, 2.45) is 16.6 Å². The first-order valence-corrected chi connectivity index (χ1v) is 9.64. The first-order chi connectivity index (χ1) is 12.1. The van der Waals surface area contributed by atoms with E-state index in [1.807, 2.05) is 0 Å². The van der Waals surface area contributed by atoms with Gasteiger partial charge >= 0.3 is 0 Å². The number of aliphatic hydroxyl groups excluding tert-OH is 1. The van der Waals surface area contributed by atoms with E-state index < -0.39 is 0 Å². The van der Waals surface area contributed by atoms with Gasteiger partial charge in [0.15, 0.2) is 5.96 Å². The zero-order chi connectivity index (χ0) is 17.6. The highest BCUT2D eigenvalue weighted by molar-refractivity contribution is 14.0. The number of aliphatic hydroxyl groups is 1. The van der Waals surface area contributed by atoms with Gasteiger partial charge in [0.2, 0.25) is 0 Å². The number of hydrogen-bond acceptors (Lipinski definition) is 3. The minimum Gasteiger partial charge on any atom is -0.393 e. The lowest BCUT2D eigenvalue weighted by Crippen LogP contribution is -2.43.